The van der Waals surface area contributed by atoms with E-state index in [1.54, 1.807) is 6.26 Å². The molecule has 2 rings (SSSR count). The molecule has 1 aromatic heterocycles. The molecule has 0 atom stereocenters. The molecule has 0 bridgehead atoms. The zero-order chi connectivity index (χ0) is 21.3. The quantitative estimate of drug-likeness (QED) is 0.347. The summed E-state index contributed by atoms with van der Waals surface area (Å²) in [6.45, 7) is 8.54. The first-order valence-electron chi connectivity index (χ1n) is 9.82. The molecule has 0 fully saturated rings. The Balaban J connectivity index is 1.89. The summed E-state index contributed by atoms with van der Waals surface area (Å²) in [7, 11) is -3.15. The number of benzene rings is 1. The normalized spacial score (nSPS) is 12.4. The van der Waals surface area contributed by atoms with Crippen molar-refractivity contribution in [3.8, 4) is 11.5 Å². The number of sulfonamides is 1. The number of aryl methyl sites for hydroxylation is 1. The van der Waals surface area contributed by atoms with Gasteiger partial charge in [-0.2, -0.15) is 0 Å². The molecule has 0 aliphatic rings. The fourth-order valence-corrected chi connectivity index (χ4v) is 3.66. The van der Waals surface area contributed by atoms with Crippen molar-refractivity contribution in [1.29, 1.82) is 0 Å². The fourth-order valence-electron chi connectivity index (χ4n) is 2.73. The van der Waals surface area contributed by atoms with Gasteiger partial charge in [0.15, 0.2) is 5.96 Å². The summed E-state index contributed by atoms with van der Waals surface area (Å²) in [5.74, 6) is 1.24. The molecule has 2 N–H and O–H groups in total. The van der Waals surface area contributed by atoms with Crippen molar-refractivity contribution in [2.24, 2.45) is 4.99 Å². The molecular formula is C20H31N5O3S. The molecule has 0 saturated carbocycles. The molecule has 0 radical (unpaired) electrons. The lowest BCUT2D eigenvalue weighted by Gasteiger charge is -2.18. The van der Waals surface area contributed by atoms with Crippen LogP contribution < -0.4 is 10.6 Å². The van der Waals surface area contributed by atoms with E-state index in [0.29, 0.717) is 44.5 Å². The molecule has 0 amide bonds. The van der Waals surface area contributed by atoms with Gasteiger partial charge in [-0.1, -0.05) is 24.6 Å². The third kappa shape index (κ3) is 7.51. The van der Waals surface area contributed by atoms with Crippen LogP contribution in [0.2, 0.25) is 0 Å². The first kappa shape index (κ1) is 22.9. The average molecular weight is 422 g/mol. The summed E-state index contributed by atoms with van der Waals surface area (Å²) in [5.41, 5.74) is 2.86. The third-order valence-electron chi connectivity index (χ3n) is 4.29. The molecule has 8 nitrogen and oxygen atoms in total. The number of oxazole rings is 1. The first-order chi connectivity index (χ1) is 13.8. The molecule has 2 aromatic rings. The summed E-state index contributed by atoms with van der Waals surface area (Å²) in [4.78, 5) is 9.03. The topological polar surface area (TPSA) is 99.8 Å². The van der Waals surface area contributed by atoms with E-state index in [9.17, 15) is 8.42 Å². The molecular weight excluding hydrogens is 390 g/mol. The van der Waals surface area contributed by atoms with Crippen LogP contribution >= 0.6 is 0 Å². The minimum atomic E-state index is -3.15. The van der Waals surface area contributed by atoms with E-state index >= 15 is 0 Å². The highest BCUT2D eigenvalue weighted by molar-refractivity contribution is 7.88. The summed E-state index contributed by atoms with van der Waals surface area (Å²) in [5, 5.41) is 6.40. The van der Waals surface area contributed by atoms with Crippen molar-refractivity contribution in [2.75, 3.05) is 32.4 Å². The SMILES string of the molecule is CCNC(=NCc1coc(-c2ccc(C)cc2)n1)NCCCN(CC)S(C)(=O)=O. The second-order valence-corrected chi connectivity index (χ2v) is 8.72. The number of aliphatic imine (C=N–C) groups is 1. The third-order valence-corrected chi connectivity index (χ3v) is 5.67. The van der Waals surface area contributed by atoms with Gasteiger partial charge in [0.1, 0.15) is 12.0 Å². The molecule has 1 heterocycles. The van der Waals surface area contributed by atoms with E-state index in [1.807, 2.05) is 45.0 Å². The second-order valence-electron chi connectivity index (χ2n) is 6.74. The Kier molecular flexibility index (Phi) is 8.66. The zero-order valence-electron chi connectivity index (χ0n) is 17.6. The predicted molar refractivity (Wildman–Crippen MR) is 116 cm³/mol. The van der Waals surface area contributed by atoms with Gasteiger partial charge in [-0.3, -0.25) is 0 Å². The van der Waals surface area contributed by atoms with E-state index in [2.05, 4.69) is 20.6 Å². The van der Waals surface area contributed by atoms with Crippen LogP contribution in [0.5, 0.6) is 0 Å². The summed E-state index contributed by atoms with van der Waals surface area (Å²) in [6.07, 6.45) is 3.54. The van der Waals surface area contributed by atoms with Gasteiger partial charge in [-0.15, -0.1) is 0 Å². The second kappa shape index (κ2) is 11.0. The molecule has 0 saturated heterocycles. The summed E-state index contributed by atoms with van der Waals surface area (Å²) >= 11 is 0. The fraction of sp³-hybridized carbons (Fsp3) is 0.500. The molecule has 0 unspecified atom stereocenters. The minimum absolute atomic E-state index is 0.384. The van der Waals surface area contributed by atoms with E-state index in [4.69, 9.17) is 4.42 Å². The summed E-state index contributed by atoms with van der Waals surface area (Å²) < 4.78 is 30.3. The maximum absolute atomic E-state index is 11.6. The Morgan fingerprint density at radius 3 is 2.55 bits per heavy atom. The lowest BCUT2D eigenvalue weighted by molar-refractivity contribution is 0.424. The van der Waals surface area contributed by atoms with Crippen molar-refractivity contribution in [2.45, 2.75) is 33.7 Å². The highest BCUT2D eigenvalue weighted by atomic mass is 32.2. The lowest BCUT2D eigenvalue weighted by Crippen LogP contribution is -2.39. The molecule has 0 aliphatic carbocycles. The van der Waals surface area contributed by atoms with Gasteiger partial charge in [0.05, 0.1) is 12.8 Å². The van der Waals surface area contributed by atoms with Crippen LogP contribution in [0.4, 0.5) is 0 Å². The smallest absolute Gasteiger partial charge is 0.226 e. The van der Waals surface area contributed by atoms with Crippen LogP contribution in [0.25, 0.3) is 11.5 Å². The van der Waals surface area contributed by atoms with Crippen molar-refractivity contribution in [3.05, 3.63) is 41.8 Å². The molecule has 0 spiro atoms. The van der Waals surface area contributed by atoms with Crippen LogP contribution in [0, 0.1) is 6.92 Å². The van der Waals surface area contributed by atoms with Crippen molar-refractivity contribution < 1.29 is 12.8 Å². The lowest BCUT2D eigenvalue weighted by atomic mass is 10.1. The highest BCUT2D eigenvalue weighted by Gasteiger charge is 2.13. The van der Waals surface area contributed by atoms with Crippen LogP contribution in [0.1, 0.15) is 31.5 Å². The molecule has 9 heteroatoms. The molecule has 1 aromatic carbocycles. The molecule has 0 aliphatic heterocycles. The number of guanidine groups is 1. The van der Waals surface area contributed by atoms with Gasteiger partial charge in [0, 0.05) is 31.7 Å². The molecule has 29 heavy (non-hydrogen) atoms. The number of rotatable bonds is 10. The Morgan fingerprint density at radius 2 is 1.93 bits per heavy atom. The highest BCUT2D eigenvalue weighted by Crippen LogP contribution is 2.19. The van der Waals surface area contributed by atoms with Crippen molar-refractivity contribution >= 4 is 16.0 Å². The van der Waals surface area contributed by atoms with Gasteiger partial charge in [-0.25, -0.2) is 22.7 Å². The number of aromatic nitrogens is 1. The van der Waals surface area contributed by atoms with Crippen molar-refractivity contribution in [1.82, 2.24) is 19.9 Å². The maximum atomic E-state index is 11.6. The first-order valence-corrected chi connectivity index (χ1v) is 11.7. The number of hydrogen-bond acceptors (Lipinski definition) is 5. The van der Waals surface area contributed by atoms with E-state index in [-0.39, 0.29) is 0 Å². The largest absolute Gasteiger partial charge is 0.444 e. The maximum Gasteiger partial charge on any atom is 0.226 e. The number of hydrogen-bond donors (Lipinski definition) is 2. The summed E-state index contributed by atoms with van der Waals surface area (Å²) in [6, 6.07) is 8.01. The van der Waals surface area contributed by atoms with Gasteiger partial charge >= 0.3 is 0 Å². The standard InChI is InChI=1S/C20H31N5O3S/c1-5-21-20(22-12-7-13-25(6-2)29(4,26)27)23-14-18-15-28-19(24-18)17-10-8-16(3)9-11-17/h8-11,15H,5-7,12-14H2,1-4H3,(H2,21,22,23). The van der Waals surface area contributed by atoms with Crippen LogP contribution in [0.15, 0.2) is 39.9 Å². The Hall–Kier alpha value is -2.39. The minimum Gasteiger partial charge on any atom is -0.444 e. The van der Waals surface area contributed by atoms with Crippen LogP contribution in [0.3, 0.4) is 0 Å². The van der Waals surface area contributed by atoms with Crippen LogP contribution in [-0.2, 0) is 16.6 Å². The predicted octanol–water partition coefficient (Wildman–Crippen LogP) is 2.38. The average Bonchev–Trinajstić information content (AvgIpc) is 3.14. The van der Waals surface area contributed by atoms with E-state index < -0.39 is 10.0 Å². The van der Waals surface area contributed by atoms with Gasteiger partial charge in [-0.05, 0) is 32.4 Å². The van der Waals surface area contributed by atoms with Gasteiger partial charge in [0.25, 0.3) is 0 Å². The Labute approximate surface area is 173 Å². The number of nitrogens with one attached hydrogen (secondary N) is 2. The monoisotopic (exact) mass is 421 g/mol. The van der Waals surface area contributed by atoms with E-state index in [0.717, 1.165) is 17.8 Å². The van der Waals surface area contributed by atoms with Crippen molar-refractivity contribution in [3.63, 3.8) is 0 Å². The molecule has 160 valence electrons. The van der Waals surface area contributed by atoms with Gasteiger partial charge in [0.2, 0.25) is 15.9 Å². The zero-order valence-corrected chi connectivity index (χ0v) is 18.4. The Bertz CT molecular complexity index is 891. The Morgan fingerprint density at radius 1 is 1.21 bits per heavy atom. The number of nitrogens with zero attached hydrogens (tertiary/aromatic N) is 3. The van der Waals surface area contributed by atoms with Crippen LogP contribution in [-0.4, -0.2) is 56.1 Å². The van der Waals surface area contributed by atoms with Gasteiger partial charge < -0.3 is 15.1 Å². The van der Waals surface area contributed by atoms with E-state index in [1.165, 1.54) is 16.1 Å².